The summed E-state index contributed by atoms with van der Waals surface area (Å²) in [6, 6.07) is 16.6. The Labute approximate surface area is 159 Å². The van der Waals surface area contributed by atoms with Crippen LogP contribution in [0.4, 0.5) is 4.39 Å². The topological polar surface area (TPSA) is 50.2 Å². The highest BCUT2D eigenvalue weighted by atomic mass is 32.1. The number of quaternary nitrogens is 1. The van der Waals surface area contributed by atoms with Gasteiger partial charge >= 0.3 is 0 Å². The highest BCUT2D eigenvalue weighted by Gasteiger charge is 2.15. The maximum atomic E-state index is 13.8. The fourth-order valence-electron chi connectivity index (χ4n) is 3.22. The molecule has 0 saturated heterocycles. The summed E-state index contributed by atoms with van der Waals surface area (Å²) in [5.41, 5.74) is 2.43. The summed E-state index contributed by atoms with van der Waals surface area (Å²) in [7, 11) is 1.96. The average Bonchev–Trinajstić information content (AvgIpc) is 3.09. The van der Waals surface area contributed by atoms with Gasteiger partial charge < -0.3 is 9.88 Å². The van der Waals surface area contributed by atoms with E-state index in [1.54, 1.807) is 12.1 Å². The van der Waals surface area contributed by atoms with E-state index in [2.05, 4.69) is 9.97 Å². The van der Waals surface area contributed by atoms with E-state index >= 15 is 0 Å². The summed E-state index contributed by atoms with van der Waals surface area (Å²) in [5, 5.41) is 2.60. The van der Waals surface area contributed by atoms with Gasteiger partial charge in [0.05, 0.1) is 12.4 Å². The van der Waals surface area contributed by atoms with Crippen LogP contribution in [0.2, 0.25) is 0 Å². The van der Waals surface area contributed by atoms with Gasteiger partial charge in [-0.1, -0.05) is 48.5 Å². The molecule has 0 saturated carbocycles. The van der Waals surface area contributed by atoms with Gasteiger partial charge in [-0.15, -0.1) is 11.3 Å². The van der Waals surface area contributed by atoms with Gasteiger partial charge in [-0.2, -0.15) is 0 Å². The van der Waals surface area contributed by atoms with Crippen LogP contribution in [-0.2, 0) is 13.1 Å². The van der Waals surface area contributed by atoms with Gasteiger partial charge in [0.1, 0.15) is 23.7 Å². The van der Waals surface area contributed by atoms with Gasteiger partial charge in [0.2, 0.25) is 0 Å². The molecule has 6 heteroatoms. The third kappa shape index (κ3) is 3.67. The van der Waals surface area contributed by atoms with Crippen LogP contribution < -0.4 is 10.5 Å². The Hall–Kier alpha value is -2.83. The van der Waals surface area contributed by atoms with Crippen LogP contribution in [0, 0.1) is 5.82 Å². The molecule has 136 valence electrons. The Morgan fingerprint density at radius 2 is 1.81 bits per heavy atom. The first-order valence-electron chi connectivity index (χ1n) is 8.72. The highest BCUT2D eigenvalue weighted by molar-refractivity contribution is 7.17. The van der Waals surface area contributed by atoms with Gasteiger partial charge in [-0.3, -0.25) is 4.79 Å². The zero-order valence-corrected chi connectivity index (χ0v) is 15.6. The first kappa shape index (κ1) is 17.6. The number of hydrogen-bond acceptors (Lipinski definition) is 3. The minimum atomic E-state index is -0.209. The maximum Gasteiger partial charge on any atom is 0.260 e. The van der Waals surface area contributed by atoms with Crippen molar-refractivity contribution >= 4 is 21.6 Å². The van der Waals surface area contributed by atoms with E-state index in [9.17, 15) is 9.18 Å². The molecule has 1 atom stereocenters. The van der Waals surface area contributed by atoms with E-state index in [0.29, 0.717) is 29.9 Å². The number of H-pyrrole nitrogens is 1. The summed E-state index contributed by atoms with van der Waals surface area (Å²) in [4.78, 5) is 22.0. The lowest BCUT2D eigenvalue weighted by atomic mass is 10.1. The van der Waals surface area contributed by atoms with Crippen molar-refractivity contribution in [1.29, 1.82) is 0 Å². The third-order valence-electron chi connectivity index (χ3n) is 4.50. The zero-order chi connectivity index (χ0) is 18.8. The molecule has 1 unspecified atom stereocenters. The quantitative estimate of drug-likeness (QED) is 0.559. The number of nitrogens with one attached hydrogen (secondary N) is 2. The molecule has 0 aliphatic heterocycles. The molecule has 4 nitrogen and oxygen atoms in total. The van der Waals surface area contributed by atoms with Crippen LogP contribution in [0.3, 0.4) is 0 Å². The predicted molar refractivity (Wildman–Crippen MR) is 106 cm³/mol. The molecule has 2 heterocycles. The second-order valence-electron chi connectivity index (χ2n) is 6.61. The van der Waals surface area contributed by atoms with Crippen LogP contribution in [-0.4, -0.2) is 17.0 Å². The molecule has 4 aromatic rings. The number of aromatic nitrogens is 2. The lowest BCUT2D eigenvalue weighted by Gasteiger charge is -2.14. The Balaban J connectivity index is 1.61. The molecular formula is C21H19FN3OS+. The van der Waals surface area contributed by atoms with Crippen molar-refractivity contribution in [3.63, 3.8) is 0 Å². The minimum Gasteiger partial charge on any atom is -0.327 e. The number of halogens is 1. The molecule has 0 radical (unpaired) electrons. The largest absolute Gasteiger partial charge is 0.327 e. The van der Waals surface area contributed by atoms with Crippen molar-refractivity contribution in [2.24, 2.45) is 0 Å². The predicted octanol–water partition coefficient (Wildman–Crippen LogP) is 3.01. The second kappa shape index (κ2) is 7.42. The van der Waals surface area contributed by atoms with Crippen LogP contribution in [0.25, 0.3) is 21.3 Å². The smallest absolute Gasteiger partial charge is 0.260 e. The lowest BCUT2D eigenvalue weighted by Crippen LogP contribution is -3.06. The van der Waals surface area contributed by atoms with Crippen molar-refractivity contribution in [2.75, 3.05) is 7.05 Å². The summed E-state index contributed by atoms with van der Waals surface area (Å²) >= 11 is 1.47. The third-order valence-corrected chi connectivity index (χ3v) is 5.37. The Kier molecular flexibility index (Phi) is 4.83. The molecule has 0 amide bonds. The average molecular weight is 380 g/mol. The second-order valence-corrected chi connectivity index (χ2v) is 7.47. The number of hydrogen-bond donors (Lipinski definition) is 2. The van der Waals surface area contributed by atoms with Crippen molar-refractivity contribution < 1.29 is 9.29 Å². The van der Waals surface area contributed by atoms with Crippen molar-refractivity contribution in [3.05, 3.63) is 87.5 Å². The van der Waals surface area contributed by atoms with E-state index in [4.69, 9.17) is 0 Å². The SMILES string of the molecule is C[NH+](Cc1nc2scc(-c3ccccc3)c2c(=O)[nH]1)Cc1ccccc1F. The molecule has 27 heavy (non-hydrogen) atoms. The van der Waals surface area contributed by atoms with Gasteiger partial charge in [0.25, 0.3) is 5.56 Å². The van der Waals surface area contributed by atoms with Gasteiger partial charge in [-0.25, -0.2) is 9.37 Å². The van der Waals surface area contributed by atoms with Crippen LogP contribution in [0.15, 0.2) is 64.8 Å². The van der Waals surface area contributed by atoms with Crippen molar-refractivity contribution in [3.8, 4) is 11.1 Å². The number of fused-ring (bicyclic) bond motifs is 1. The van der Waals surface area contributed by atoms with Gasteiger partial charge in [0.15, 0.2) is 5.82 Å². The molecule has 0 spiro atoms. The molecule has 0 aliphatic carbocycles. The molecule has 0 bridgehead atoms. The maximum absolute atomic E-state index is 13.8. The summed E-state index contributed by atoms with van der Waals surface area (Å²) in [5.74, 6) is 0.405. The molecule has 0 aliphatic rings. The molecular weight excluding hydrogens is 361 g/mol. The highest BCUT2D eigenvalue weighted by Crippen LogP contribution is 2.30. The van der Waals surface area contributed by atoms with Crippen molar-refractivity contribution in [2.45, 2.75) is 13.1 Å². The molecule has 2 aromatic heterocycles. The fraction of sp³-hybridized carbons (Fsp3) is 0.143. The standard InChI is InChI=1S/C21H18FN3OS/c1-25(11-15-9-5-6-10-17(15)22)12-18-23-20(26)19-16(13-27-21(19)24-18)14-7-3-2-4-8-14/h2-10,13H,11-12H2,1H3,(H,23,24,26)/p+1. The van der Waals surface area contributed by atoms with E-state index < -0.39 is 0 Å². The van der Waals surface area contributed by atoms with Gasteiger partial charge in [-0.05, 0) is 11.6 Å². The normalized spacial score (nSPS) is 12.4. The van der Waals surface area contributed by atoms with Crippen LogP contribution >= 0.6 is 11.3 Å². The Morgan fingerprint density at radius 3 is 2.59 bits per heavy atom. The molecule has 2 aromatic carbocycles. The molecule has 2 N–H and O–H groups in total. The van der Waals surface area contributed by atoms with Crippen LogP contribution in [0.1, 0.15) is 11.4 Å². The summed E-state index contributed by atoms with van der Waals surface area (Å²) in [6.45, 7) is 1.03. The van der Waals surface area contributed by atoms with Crippen molar-refractivity contribution in [1.82, 2.24) is 9.97 Å². The molecule has 4 rings (SSSR count). The first-order valence-corrected chi connectivity index (χ1v) is 9.60. The van der Waals surface area contributed by atoms with E-state index in [1.165, 1.54) is 17.4 Å². The monoisotopic (exact) mass is 380 g/mol. The number of benzene rings is 2. The van der Waals surface area contributed by atoms with Gasteiger partial charge in [0, 0.05) is 16.5 Å². The summed E-state index contributed by atoms with van der Waals surface area (Å²) in [6.07, 6.45) is 0. The number of rotatable bonds is 5. The fourth-order valence-corrected chi connectivity index (χ4v) is 4.19. The summed E-state index contributed by atoms with van der Waals surface area (Å²) < 4.78 is 13.8. The number of aromatic amines is 1. The Morgan fingerprint density at radius 1 is 1.07 bits per heavy atom. The Bertz CT molecular complexity index is 1140. The molecule has 0 fully saturated rings. The minimum absolute atomic E-state index is 0.131. The van der Waals surface area contributed by atoms with E-state index in [0.717, 1.165) is 20.9 Å². The number of thiophene rings is 1. The van der Waals surface area contributed by atoms with E-state index in [-0.39, 0.29) is 11.4 Å². The van der Waals surface area contributed by atoms with E-state index in [1.807, 2.05) is 48.8 Å². The van der Waals surface area contributed by atoms with Crippen LogP contribution in [0.5, 0.6) is 0 Å². The zero-order valence-electron chi connectivity index (χ0n) is 14.8. The first-order chi connectivity index (χ1) is 13.1. The number of nitrogens with zero attached hydrogens (tertiary/aromatic N) is 1. The lowest BCUT2D eigenvalue weighted by molar-refractivity contribution is -0.908.